The van der Waals surface area contributed by atoms with Crippen LogP contribution in [0, 0.1) is 0 Å². The van der Waals surface area contributed by atoms with Crippen LogP contribution in [0.5, 0.6) is 0 Å². The van der Waals surface area contributed by atoms with Gasteiger partial charge in [-0.25, -0.2) is 0 Å². The Morgan fingerprint density at radius 2 is 2.12 bits per heavy atom. The summed E-state index contributed by atoms with van der Waals surface area (Å²) in [6.45, 7) is 8.44. The summed E-state index contributed by atoms with van der Waals surface area (Å²) in [4.78, 5) is 6.87. The lowest BCUT2D eigenvalue weighted by Crippen LogP contribution is -2.45. The first-order chi connectivity index (χ1) is 7.85. The Morgan fingerprint density at radius 3 is 2.69 bits per heavy atom. The molecule has 1 aromatic rings. The van der Waals surface area contributed by atoms with Gasteiger partial charge in [-0.15, -0.1) is 0 Å². The summed E-state index contributed by atoms with van der Waals surface area (Å²) < 4.78 is 5.18. The zero-order chi connectivity index (χ0) is 11.4. The average molecular weight is 224 g/mol. The number of nitrogens with zero attached hydrogens (tertiary/aromatic N) is 3. The molecule has 16 heavy (non-hydrogen) atoms. The third kappa shape index (κ3) is 2.41. The van der Waals surface area contributed by atoms with E-state index in [-0.39, 0.29) is 0 Å². The molecule has 0 aliphatic carbocycles. The zero-order valence-corrected chi connectivity index (χ0v) is 10.1. The molecular formula is C11H20N4O. The predicted molar refractivity (Wildman–Crippen MR) is 61.2 cm³/mol. The number of hydrogen-bond donors (Lipinski definition) is 1. The number of piperazine rings is 1. The van der Waals surface area contributed by atoms with Gasteiger partial charge in [0.05, 0.1) is 6.04 Å². The van der Waals surface area contributed by atoms with Crippen molar-refractivity contribution in [3.63, 3.8) is 0 Å². The van der Waals surface area contributed by atoms with Crippen molar-refractivity contribution in [1.82, 2.24) is 20.4 Å². The van der Waals surface area contributed by atoms with Gasteiger partial charge in [0.25, 0.3) is 0 Å². The Morgan fingerprint density at radius 1 is 1.38 bits per heavy atom. The minimum atomic E-state index is 0.311. The molecule has 5 heteroatoms. The van der Waals surface area contributed by atoms with Gasteiger partial charge >= 0.3 is 0 Å². The molecule has 0 aromatic carbocycles. The molecule has 5 nitrogen and oxygen atoms in total. The first-order valence-electron chi connectivity index (χ1n) is 6.12. The van der Waals surface area contributed by atoms with E-state index in [2.05, 4.69) is 27.3 Å². The van der Waals surface area contributed by atoms with Crippen molar-refractivity contribution in [3.05, 3.63) is 11.7 Å². The summed E-state index contributed by atoms with van der Waals surface area (Å²) in [5.74, 6) is 1.59. The van der Waals surface area contributed by atoms with E-state index < -0.39 is 0 Å². The largest absolute Gasteiger partial charge is 0.339 e. The molecule has 1 aliphatic rings. The van der Waals surface area contributed by atoms with Crippen LogP contribution >= 0.6 is 0 Å². The molecule has 2 rings (SSSR count). The average Bonchev–Trinajstić information content (AvgIpc) is 2.80. The molecule has 90 valence electrons. The van der Waals surface area contributed by atoms with Gasteiger partial charge in [-0.1, -0.05) is 19.0 Å². The van der Waals surface area contributed by atoms with Gasteiger partial charge in [0, 0.05) is 32.6 Å². The van der Waals surface area contributed by atoms with Crippen LogP contribution in [0.25, 0.3) is 0 Å². The minimum Gasteiger partial charge on any atom is -0.339 e. The van der Waals surface area contributed by atoms with Crippen molar-refractivity contribution >= 4 is 0 Å². The fourth-order valence-electron chi connectivity index (χ4n) is 2.14. The molecule has 0 spiro atoms. The fourth-order valence-corrected chi connectivity index (χ4v) is 2.14. The van der Waals surface area contributed by atoms with Crippen molar-refractivity contribution in [2.24, 2.45) is 0 Å². The molecule has 1 unspecified atom stereocenters. The Kier molecular flexibility index (Phi) is 3.90. The lowest BCUT2D eigenvalue weighted by molar-refractivity contribution is 0.160. The van der Waals surface area contributed by atoms with Crippen molar-refractivity contribution in [3.8, 4) is 0 Å². The quantitative estimate of drug-likeness (QED) is 0.826. The van der Waals surface area contributed by atoms with Crippen molar-refractivity contribution in [2.75, 3.05) is 26.2 Å². The molecule has 0 amide bonds. The van der Waals surface area contributed by atoms with Gasteiger partial charge < -0.3 is 9.84 Å². The second-order valence-corrected chi connectivity index (χ2v) is 4.11. The summed E-state index contributed by atoms with van der Waals surface area (Å²) in [5, 5.41) is 7.44. The first kappa shape index (κ1) is 11.5. The molecule has 2 heterocycles. The van der Waals surface area contributed by atoms with Gasteiger partial charge in [0.15, 0.2) is 5.82 Å². The molecule has 1 fully saturated rings. The van der Waals surface area contributed by atoms with Crippen LogP contribution < -0.4 is 5.32 Å². The van der Waals surface area contributed by atoms with Gasteiger partial charge in [-0.3, -0.25) is 4.90 Å². The number of aromatic nitrogens is 2. The van der Waals surface area contributed by atoms with E-state index >= 15 is 0 Å². The number of aryl methyl sites for hydroxylation is 1. The lowest BCUT2D eigenvalue weighted by Gasteiger charge is -2.32. The Bertz CT molecular complexity index is 320. The monoisotopic (exact) mass is 224 g/mol. The maximum Gasteiger partial charge on any atom is 0.226 e. The third-order valence-corrected chi connectivity index (χ3v) is 3.06. The number of hydrogen-bond acceptors (Lipinski definition) is 5. The second-order valence-electron chi connectivity index (χ2n) is 4.11. The molecule has 1 atom stereocenters. The molecule has 0 radical (unpaired) electrons. The van der Waals surface area contributed by atoms with Crippen LogP contribution in [0.3, 0.4) is 0 Å². The molecule has 1 aromatic heterocycles. The summed E-state index contributed by atoms with van der Waals surface area (Å²) in [6.07, 6.45) is 1.84. The fraction of sp³-hybridized carbons (Fsp3) is 0.818. The summed E-state index contributed by atoms with van der Waals surface area (Å²) in [6, 6.07) is 0.311. The molecule has 1 aliphatic heterocycles. The van der Waals surface area contributed by atoms with Crippen LogP contribution in [0.1, 0.15) is 38.0 Å². The molecule has 0 bridgehead atoms. The second kappa shape index (κ2) is 5.41. The highest BCUT2D eigenvalue weighted by molar-refractivity contribution is 4.95. The van der Waals surface area contributed by atoms with Gasteiger partial charge in [-0.2, -0.15) is 4.98 Å². The Balaban J connectivity index is 2.08. The van der Waals surface area contributed by atoms with E-state index in [1.54, 1.807) is 0 Å². The van der Waals surface area contributed by atoms with E-state index in [1.807, 2.05) is 6.92 Å². The van der Waals surface area contributed by atoms with E-state index in [1.165, 1.54) is 0 Å². The SMILES string of the molecule is CCc1nc(C(CC)N2CCNCC2)no1. The maximum absolute atomic E-state index is 5.18. The normalized spacial score (nSPS) is 19.9. The standard InChI is InChI=1S/C11H20N4O/c1-3-9(15-7-5-12-6-8-15)11-13-10(4-2)16-14-11/h9,12H,3-8H2,1-2H3. The highest BCUT2D eigenvalue weighted by Gasteiger charge is 2.24. The minimum absolute atomic E-state index is 0.311. The number of nitrogens with one attached hydrogen (secondary N) is 1. The Hall–Kier alpha value is -0.940. The summed E-state index contributed by atoms with van der Waals surface area (Å²) in [7, 11) is 0. The summed E-state index contributed by atoms with van der Waals surface area (Å²) >= 11 is 0. The van der Waals surface area contributed by atoms with E-state index in [4.69, 9.17) is 4.52 Å². The maximum atomic E-state index is 5.18. The highest BCUT2D eigenvalue weighted by Crippen LogP contribution is 2.21. The van der Waals surface area contributed by atoms with Crippen molar-refractivity contribution in [1.29, 1.82) is 0 Å². The molecular weight excluding hydrogens is 204 g/mol. The highest BCUT2D eigenvalue weighted by atomic mass is 16.5. The third-order valence-electron chi connectivity index (χ3n) is 3.06. The van der Waals surface area contributed by atoms with Crippen LogP contribution in [0.15, 0.2) is 4.52 Å². The Labute approximate surface area is 96.2 Å². The van der Waals surface area contributed by atoms with Crippen LogP contribution in [0.2, 0.25) is 0 Å². The summed E-state index contributed by atoms with van der Waals surface area (Å²) in [5.41, 5.74) is 0. The van der Waals surface area contributed by atoms with Gasteiger partial charge in [-0.05, 0) is 6.42 Å². The zero-order valence-electron chi connectivity index (χ0n) is 10.1. The van der Waals surface area contributed by atoms with Crippen LogP contribution in [-0.4, -0.2) is 41.2 Å². The van der Waals surface area contributed by atoms with E-state index in [9.17, 15) is 0 Å². The predicted octanol–water partition coefficient (Wildman–Crippen LogP) is 0.988. The topological polar surface area (TPSA) is 54.2 Å². The van der Waals surface area contributed by atoms with Crippen LogP contribution in [0.4, 0.5) is 0 Å². The van der Waals surface area contributed by atoms with E-state index in [0.717, 1.165) is 50.7 Å². The van der Waals surface area contributed by atoms with Crippen molar-refractivity contribution in [2.45, 2.75) is 32.7 Å². The van der Waals surface area contributed by atoms with Gasteiger partial charge in [0.2, 0.25) is 5.89 Å². The van der Waals surface area contributed by atoms with Crippen LogP contribution in [-0.2, 0) is 6.42 Å². The van der Waals surface area contributed by atoms with Crippen molar-refractivity contribution < 1.29 is 4.52 Å². The van der Waals surface area contributed by atoms with Gasteiger partial charge in [0.1, 0.15) is 0 Å². The molecule has 0 saturated carbocycles. The molecule has 1 N–H and O–H groups in total. The van der Waals surface area contributed by atoms with E-state index in [0.29, 0.717) is 6.04 Å². The lowest BCUT2D eigenvalue weighted by atomic mass is 10.1. The first-order valence-corrected chi connectivity index (χ1v) is 6.12. The molecule has 1 saturated heterocycles. The number of rotatable bonds is 4. The smallest absolute Gasteiger partial charge is 0.226 e.